The van der Waals surface area contributed by atoms with E-state index in [-0.39, 0.29) is 18.1 Å². The van der Waals surface area contributed by atoms with Crippen molar-refractivity contribution in [1.82, 2.24) is 5.32 Å². The number of nitriles is 1. The molecule has 2 rings (SSSR count). The Morgan fingerprint density at radius 2 is 2.28 bits per heavy atom. The van der Waals surface area contributed by atoms with Crippen LogP contribution in [-0.2, 0) is 9.59 Å². The van der Waals surface area contributed by atoms with Crippen molar-refractivity contribution in [3.05, 3.63) is 23.8 Å². The number of rotatable bonds is 1. The highest BCUT2D eigenvalue weighted by atomic mass is 16.2. The molecular weight excluding hydrogens is 228 g/mol. The normalized spacial score (nSPS) is 37.8. The summed E-state index contributed by atoms with van der Waals surface area (Å²) in [6.45, 7) is 5.20. The predicted molar refractivity (Wildman–Crippen MR) is 66.3 cm³/mol. The molecule has 0 aromatic carbocycles. The van der Waals surface area contributed by atoms with E-state index in [0.29, 0.717) is 0 Å². The maximum atomic E-state index is 12.1. The molecule has 0 heterocycles. The van der Waals surface area contributed by atoms with Crippen LogP contribution in [0.5, 0.6) is 0 Å². The maximum absolute atomic E-state index is 12.1. The van der Waals surface area contributed by atoms with E-state index < -0.39 is 16.9 Å². The smallest absolute Gasteiger partial charge is 0.217 e. The zero-order chi connectivity index (χ0) is 13.6. The number of hydrogen-bond donors (Lipinski definition) is 1. The number of nitrogens with one attached hydrogen (secondary N) is 1. The molecule has 1 saturated carbocycles. The minimum atomic E-state index is -0.889. The molecule has 1 amide bonds. The first-order chi connectivity index (χ1) is 8.37. The quantitative estimate of drug-likeness (QED) is 0.759. The molecule has 4 nitrogen and oxygen atoms in total. The highest BCUT2D eigenvalue weighted by Gasteiger charge is 2.63. The van der Waals surface area contributed by atoms with Gasteiger partial charge in [0.1, 0.15) is 5.92 Å². The summed E-state index contributed by atoms with van der Waals surface area (Å²) < 4.78 is 0. The molecule has 1 N–H and O–H groups in total. The molecule has 0 aliphatic heterocycles. The van der Waals surface area contributed by atoms with Crippen LogP contribution in [0.1, 0.15) is 27.2 Å². The third-order valence-electron chi connectivity index (χ3n) is 4.13. The van der Waals surface area contributed by atoms with E-state index in [1.807, 2.05) is 32.1 Å². The fourth-order valence-electron chi connectivity index (χ4n) is 3.34. The van der Waals surface area contributed by atoms with Gasteiger partial charge in [0, 0.05) is 18.8 Å². The predicted octanol–water partition coefficient (Wildman–Crippen LogP) is 1.50. The molecule has 2 aliphatic carbocycles. The molecular formula is C14H16N2O2. The van der Waals surface area contributed by atoms with Crippen molar-refractivity contribution < 1.29 is 9.59 Å². The van der Waals surface area contributed by atoms with Crippen molar-refractivity contribution in [2.24, 2.45) is 11.3 Å². The lowest BCUT2D eigenvalue weighted by molar-refractivity contribution is -0.122. The van der Waals surface area contributed by atoms with Gasteiger partial charge in [0.25, 0.3) is 0 Å². The van der Waals surface area contributed by atoms with Crippen molar-refractivity contribution in [3.8, 4) is 6.07 Å². The second-order valence-electron chi connectivity index (χ2n) is 5.32. The Bertz CT molecular complexity index is 526. The van der Waals surface area contributed by atoms with Crippen LogP contribution in [0.4, 0.5) is 0 Å². The Hall–Kier alpha value is -1.89. The summed E-state index contributed by atoms with van der Waals surface area (Å²) in [4.78, 5) is 23.6. The van der Waals surface area contributed by atoms with Crippen molar-refractivity contribution in [2.45, 2.75) is 32.7 Å². The Labute approximate surface area is 106 Å². The highest BCUT2D eigenvalue weighted by molar-refractivity contribution is 5.92. The van der Waals surface area contributed by atoms with Crippen LogP contribution >= 0.6 is 0 Å². The number of Topliss-reactive ketones (excluding diaryl/α,β-unsaturated/α-hetero) is 1. The molecule has 0 aromatic heterocycles. The first kappa shape index (κ1) is 12.6. The van der Waals surface area contributed by atoms with E-state index in [2.05, 4.69) is 11.4 Å². The highest BCUT2D eigenvalue weighted by Crippen LogP contribution is 2.54. The average Bonchev–Trinajstić information content (AvgIpc) is 2.46. The SMILES string of the molecule is CC(=O)N[C@]12C(C)=CC=C[C@@]1(C)CC(=O)C2C#N. The van der Waals surface area contributed by atoms with Gasteiger partial charge in [0.2, 0.25) is 5.91 Å². The molecule has 0 aromatic rings. The van der Waals surface area contributed by atoms with Gasteiger partial charge in [-0.15, -0.1) is 0 Å². The fourth-order valence-corrected chi connectivity index (χ4v) is 3.34. The van der Waals surface area contributed by atoms with Crippen LogP contribution in [0.15, 0.2) is 23.8 Å². The molecule has 3 atom stereocenters. The second kappa shape index (κ2) is 3.81. The van der Waals surface area contributed by atoms with E-state index in [4.69, 9.17) is 0 Å². The number of allylic oxidation sites excluding steroid dienone is 2. The third-order valence-corrected chi connectivity index (χ3v) is 4.13. The summed E-state index contributed by atoms with van der Waals surface area (Å²) in [5.41, 5.74) is -0.547. The molecule has 0 spiro atoms. The first-order valence-electron chi connectivity index (χ1n) is 5.95. The van der Waals surface area contributed by atoms with E-state index in [1.54, 1.807) is 0 Å². The molecule has 18 heavy (non-hydrogen) atoms. The third kappa shape index (κ3) is 1.37. The van der Waals surface area contributed by atoms with Crippen LogP contribution in [0, 0.1) is 22.7 Å². The Morgan fingerprint density at radius 1 is 1.61 bits per heavy atom. The largest absolute Gasteiger partial charge is 0.344 e. The van der Waals surface area contributed by atoms with Crippen molar-refractivity contribution >= 4 is 11.7 Å². The van der Waals surface area contributed by atoms with E-state index in [9.17, 15) is 14.9 Å². The molecule has 94 valence electrons. The minimum Gasteiger partial charge on any atom is -0.344 e. The Morgan fingerprint density at radius 3 is 2.83 bits per heavy atom. The van der Waals surface area contributed by atoms with Gasteiger partial charge in [-0.3, -0.25) is 9.59 Å². The van der Waals surface area contributed by atoms with Crippen molar-refractivity contribution in [2.75, 3.05) is 0 Å². The van der Waals surface area contributed by atoms with Gasteiger partial charge in [-0.1, -0.05) is 25.2 Å². The van der Waals surface area contributed by atoms with Crippen molar-refractivity contribution in [3.63, 3.8) is 0 Å². The number of hydrogen-bond acceptors (Lipinski definition) is 3. The number of ketones is 1. The van der Waals surface area contributed by atoms with Gasteiger partial charge in [0.05, 0.1) is 11.6 Å². The lowest BCUT2D eigenvalue weighted by Gasteiger charge is -2.46. The molecule has 1 fully saturated rings. The Balaban J connectivity index is 2.66. The van der Waals surface area contributed by atoms with Crippen molar-refractivity contribution in [1.29, 1.82) is 5.26 Å². The van der Waals surface area contributed by atoms with Gasteiger partial charge in [-0.05, 0) is 12.5 Å². The number of fused-ring (bicyclic) bond motifs is 1. The molecule has 4 heteroatoms. The number of nitrogens with zero attached hydrogens (tertiary/aromatic N) is 1. The summed E-state index contributed by atoms with van der Waals surface area (Å²) in [6, 6.07) is 2.08. The summed E-state index contributed by atoms with van der Waals surface area (Å²) in [5, 5.41) is 12.2. The fraction of sp³-hybridized carbons (Fsp3) is 0.500. The lowest BCUT2D eigenvalue weighted by Crippen LogP contribution is -2.60. The van der Waals surface area contributed by atoms with E-state index in [0.717, 1.165) is 5.57 Å². The van der Waals surface area contributed by atoms with Gasteiger partial charge in [-0.2, -0.15) is 5.26 Å². The lowest BCUT2D eigenvalue weighted by atomic mass is 9.64. The Kier molecular flexibility index (Phi) is 2.66. The summed E-state index contributed by atoms with van der Waals surface area (Å²) in [6.07, 6.45) is 5.96. The van der Waals surface area contributed by atoms with Crippen LogP contribution in [0.2, 0.25) is 0 Å². The molecule has 0 radical (unpaired) electrons. The summed E-state index contributed by atoms with van der Waals surface area (Å²) in [7, 11) is 0. The van der Waals surface area contributed by atoms with Crippen LogP contribution < -0.4 is 5.32 Å². The average molecular weight is 244 g/mol. The van der Waals surface area contributed by atoms with Crippen LogP contribution in [-0.4, -0.2) is 17.2 Å². The summed E-state index contributed by atoms with van der Waals surface area (Å²) >= 11 is 0. The first-order valence-corrected chi connectivity index (χ1v) is 5.95. The molecule has 2 aliphatic rings. The zero-order valence-electron chi connectivity index (χ0n) is 10.8. The molecule has 0 saturated heterocycles. The van der Waals surface area contributed by atoms with Gasteiger partial charge in [0.15, 0.2) is 5.78 Å². The van der Waals surface area contributed by atoms with Gasteiger partial charge >= 0.3 is 0 Å². The monoisotopic (exact) mass is 244 g/mol. The second-order valence-corrected chi connectivity index (χ2v) is 5.32. The van der Waals surface area contributed by atoms with Crippen LogP contribution in [0.3, 0.4) is 0 Å². The van der Waals surface area contributed by atoms with Gasteiger partial charge < -0.3 is 5.32 Å². The number of amides is 1. The van der Waals surface area contributed by atoms with E-state index >= 15 is 0 Å². The zero-order valence-corrected chi connectivity index (χ0v) is 10.8. The molecule has 0 bridgehead atoms. The standard InChI is InChI=1S/C14H16N2O2/c1-9-5-4-6-13(3)7-12(18)11(8-15)14(9,13)16-10(2)17/h4-6,11H,7H2,1-3H3,(H,16,17)/t11?,13-,14-/m0/s1. The van der Waals surface area contributed by atoms with Gasteiger partial charge in [-0.25, -0.2) is 0 Å². The number of carbonyl (C=O) groups is 2. The van der Waals surface area contributed by atoms with E-state index in [1.165, 1.54) is 6.92 Å². The number of carbonyl (C=O) groups excluding carboxylic acids is 2. The summed E-state index contributed by atoms with van der Waals surface area (Å²) in [5.74, 6) is -1.14. The maximum Gasteiger partial charge on any atom is 0.217 e. The molecule has 1 unspecified atom stereocenters. The minimum absolute atomic E-state index is 0.104. The topological polar surface area (TPSA) is 70.0 Å². The van der Waals surface area contributed by atoms with Crippen LogP contribution in [0.25, 0.3) is 0 Å².